The molecule has 0 spiro atoms. The minimum Gasteiger partial charge on any atom is -0.461 e. The van der Waals surface area contributed by atoms with Crippen LogP contribution in [0.4, 0.5) is 5.82 Å². The Morgan fingerprint density at radius 3 is 2.74 bits per heavy atom. The highest BCUT2D eigenvalue weighted by Gasteiger charge is 2.17. The molecule has 0 saturated heterocycles. The predicted octanol–water partition coefficient (Wildman–Crippen LogP) is 4.39. The average molecular weight is 383 g/mol. The van der Waals surface area contributed by atoms with Crippen LogP contribution in [-0.2, 0) is 6.54 Å². The molecule has 0 radical (unpaired) electrons. The molecule has 0 fully saturated rings. The third-order valence-electron chi connectivity index (χ3n) is 3.98. The van der Waals surface area contributed by atoms with Gasteiger partial charge in [0.15, 0.2) is 17.3 Å². The molecule has 1 aromatic carbocycles. The van der Waals surface area contributed by atoms with Crippen molar-refractivity contribution in [1.82, 2.24) is 14.9 Å². The lowest BCUT2D eigenvalue weighted by molar-refractivity contribution is 0.101. The Labute approximate surface area is 159 Å². The summed E-state index contributed by atoms with van der Waals surface area (Å²) in [6, 6.07) is 14.3. The predicted molar refractivity (Wildman–Crippen MR) is 99.7 cm³/mol. The van der Waals surface area contributed by atoms with Crippen molar-refractivity contribution in [1.29, 1.82) is 0 Å². The summed E-state index contributed by atoms with van der Waals surface area (Å²) < 4.78 is 12.2. The number of carbonyl (C=O) groups excluding carboxylic acids is 1. The second kappa shape index (κ2) is 7.13. The fourth-order valence-corrected chi connectivity index (χ4v) is 2.72. The molecule has 0 atom stereocenters. The van der Waals surface area contributed by atoms with Crippen LogP contribution in [0.5, 0.6) is 0 Å². The van der Waals surface area contributed by atoms with Gasteiger partial charge in [0.05, 0.1) is 12.8 Å². The minimum absolute atomic E-state index is 0.145. The molecule has 0 saturated carbocycles. The van der Waals surface area contributed by atoms with E-state index in [4.69, 9.17) is 20.5 Å². The second-order valence-corrected chi connectivity index (χ2v) is 6.40. The largest absolute Gasteiger partial charge is 0.461 e. The van der Waals surface area contributed by atoms with Crippen molar-refractivity contribution < 1.29 is 13.7 Å². The van der Waals surface area contributed by atoms with E-state index >= 15 is 0 Å². The summed E-state index contributed by atoms with van der Waals surface area (Å²) in [4.78, 5) is 12.4. The highest BCUT2D eigenvalue weighted by atomic mass is 35.5. The Balaban J connectivity index is 1.46. The average Bonchev–Trinajstić information content (AvgIpc) is 3.38. The number of furan rings is 1. The van der Waals surface area contributed by atoms with Gasteiger partial charge in [-0.2, -0.15) is 5.10 Å². The fourth-order valence-electron chi connectivity index (χ4n) is 2.59. The first-order valence-corrected chi connectivity index (χ1v) is 8.57. The number of aryl methyl sites for hydroxylation is 1. The normalized spacial score (nSPS) is 10.9. The maximum Gasteiger partial charge on any atom is 0.279 e. The monoisotopic (exact) mass is 382 g/mol. The third kappa shape index (κ3) is 3.78. The van der Waals surface area contributed by atoms with Gasteiger partial charge in [-0.3, -0.25) is 9.48 Å². The van der Waals surface area contributed by atoms with Gasteiger partial charge in [0, 0.05) is 22.8 Å². The van der Waals surface area contributed by atoms with Gasteiger partial charge in [-0.15, -0.1) is 0 Å². The van der Waals surface area contributed by atoms with E-state index in [0.717, 1.165) is 11.3 Å². The Bertz CT molecular complexity index is 1070. The number of carbonyl (C=O) groups is 1. The van der Waals surface area contributed by atoms with Crippen molar-refractivity contribution in [2.45, 2.75) is 13.5 Å². The van der Waals surface area contributed by atoms with E-state index in [1.807, 2.05) is 31.2 Å². The maximum atomic E-state index is 12.4. The molecule has 0 aliphatic rings. The number of hydrogen-bond acceptors (Lipinski definition) is 5. The van der Waals surface area contributed by atoms with E-state index in [9.17, 15) is 4.79 Å². The second-order valence-electron chi connectivity index (χ2n) is 5.96. The van der Waals surface area contributed by atoms with Crippen molar-refractivity contribution >= 4 is 23.3 Å². The third-order valence-corrected chi connectivity index (χ3v) is 4.23. The van der Waals surface area contributed by atoms with Crippen LogP contribution in [0.15, 0.2) is 63.7 Å². The molecule has 1 amide bonds. The lowest BCUT2D eigenvalue weighted by Crippen LogP contribution is -2.13. The molecule has 0 aliphatic heterocycles. The van der Waals surface area contributed by atoms with Crippen molar-refractivity contribution in [3.05, 3.63) is 76.8 Å². The maximum absolute atomic E-state index is 12.4. The van der Waals surface area contributed by atoms with Gasteiger partial charge >= 0.3 is 0 Å². The van der Waals surface area contributed by atoms with Gasteiger partial charge in [-0.25, -0.2) is 0 Å². The number of benzene rings is 1. The first-order chi connectivity index (χ1) is 13.1. The van der Waals surface area contributed by atoms with Crippen molar-refractivity contribution in [2.75, 3.05) is 5.32 Å². The number of amides is 1. The Kier molecular flexibility index (Phi) is 4.52. The fraction of sp³-hybridized carbons (Fsp3) is 0.105. The lowest BCUT2D eigenvalue weighted by Gasteiger charge is -2.04. The van der Waals surface area contributed by atoms with Gasteiger partial charge in [-0.1, -0.05) is 28.9 Å². The molecular formula is C19H15ClN4O3. The number of hydrogen-bond donors (Lipinski definition) is 1. The molecule has 0 bridgehead atoms. The molecular weight excluding hydrogens is 368 g/mol. The van der Waals surface area contributed by atoms with E-state index in [1.54, 1.807) is 22.9 Å². The summed E-state index contributed by atoms with van der Waals surface area (Å²) in [5, 5.41) is 11.6. The summed E-state index contributed by atoms with van der Waals surface area (Å²) in [5.74, 6) is 0.918. The van der Waals surface area contributed by atoms with Crippen LogP contribution in [0.3, 0.4) is 0 Å². The molecule has 4 aromatic rings. The highest BCUT2D eigenvalue weighted by molar-refractivity contribution is 6.30. The van der Waals surface area contributed by atoms with Crippen LogP contribution in [0, 0.1) is 6.92 Å². The Hall–Kier alpha value is -3.32. The Morgan fingerprint density at radius 2 is 2.00 bits per heavy atom. The van der Waals surface area contributed by atoms with Gasteiger partial charge in [0.25, 0.3) is 5.91 Å². The summed E-state index contributed by atoms with van der Waals surface area (Å²) in [7, 11) is 0. The first-order valence-electron chi connectivity index (χ1n) is 8.19. The molecule has 3 heterocycles. The van der Waals surface area contributed by atoms with Gasteiger partial charge in [0.1, 0.15) is 0 Å². The van der Waals surface area contributed by atoms with Crippen molar-refractivity contribution in [2.24, 2.45) is 0 Å². The van der Waals surface area contributed by atoms with E-state index in [-0.39, 0.29) is 5.69 Å². The molecule has 1 N–H and O–H groups in total. The van der Waals surface area contributed by atoms with Crippen LogP contribution in [-0.4, -0.2) is 20.8 Å². The van der Waals surface area contributed by atoms with E-state index in [1.165, 1.54) is 12.3 Å². The molecule has 3 aromatic heterocycles. The molecule has 7 nitrogen and oxygen atoms in total. The standard InChI is InChI=1S/C19H15ClN4O3/c1-12-9-18(22-24(12)11-13-4-6-14(20)7-5-13)21-19(25)15-10-17(27-23-15)16-3-2-8-26-16/h2-10H,11H2,1H3,(H,21,22,25). The summed E-state index contributed by atoms with van der Waals surface area (Å²) in [5.41, 5.74) is 2.12. The minimum atomic E-state index is -0.410. The number of rotatable bonds is 5. The molecule has 4 rings (SSSR count). The van der Waals surface area contributed by atoms with Gasteiger partial charge < -0.3 is 14.3 Å². The van der Waals surface area contributed by atoms with E-state index in [0.29, 0.717) is 28.9 Å². The topological polar surface area (TPSA) is 86.1 Å². The first kappa shape index (κ1) is 17.1. The van der Waals surface area contributed by atoms with Crippen molar-refractivity contribution in [3.8, 4) is 11.5 Å². The number of nitrogens with one attached hydrogen (secondary N) is 1. The van der Waals surface area contributed by atoms with Crippen LogP contribution >= 0.6 is 11.6 Å². The summed E-state index contributed by atoms with van der Waals surface area (Å²) in [6.45, 7) is 2.50. The molecule has 0 unspecified atom stereocenters. The zero-order chi connectivity index (χ0) is 18.8. The zero-order valence-corrected chi connectivity index (χ0v) is 15.1. The number of nitrogens with zero attached hydrogens (tertiary/aromatic N) is 3. The van der Waals surface area contributed by atoms with Gasteiger partial charge in [-0.05, 0) is 36.8 Å². The molecule has 8 heteroatoms. The van der Waals surface area contributed by atoms with Crippen LogP contribution < -0.4 is 5.32 Å². The highest BCUT2D eigenvalue weighted by Crippen LogP contribution is 2.21. The van der Waals surface area contributed by atoms with E-state index < -0.39 is 5.91 Å². The smallest absolute Gasteiger partial charge is 0.279 e. The SMILES string of the molecule is Cc1cc(NC(=O)c2cc(-c3ccco3)on2)nn1Cc1ccc(Cl)cc1. The van der Waals surface area contributed by atoms with Crippen LogP contribution in [0.25, 0.3) is 11.5 Å². The molecule has 27 heavy (non-hydrogen) atoms. The van der Waals surface area contributed by atoms with Crippen LogP contribution in [0.2, 0.25) is 5.02 Å². The number of halogens is 1. The van der Waals surface area contributed by atoms with Crippen LogP contribution in [0.1, 0.15) is 21.7 Å². The quantitative estimate of drug-likeness (QED) is 0.553. The number of aromatic nitrogens is 3. The summed E-state index contributed by atoms with van der Waals surface area (Å²) >= 11 is 5.91. The lowest BCUT2D eigenvalue weighted by atomic mass is 10.2. The van der Waals surface area contributed by atoms with Crippen molar-refractivity contribution in [3.63, 3.8) is 0 Å². The zero-order valence-electron chi connectivity index (χ0n) is 14.3. The summed E-state index contributed by atoms with van der Waals surface area (Å²) in [6.07, 6.45) is 1.52. The van der Waals surface area contributed by atoms with Gasteiger partial charge in [0.2, 0.25) is 5.76 Å². The molecule has 0 aliphatic carbocycles. The number of anilines is 1. The Morgan fingerprint density at radius 1 is 1.19 bits per heavy atom. The molecule has 136 valence electrons. The van der Waals surface area contributed by atoms with E-state index in [2.05, 4.69) is 15.6 Å².